The van der Waals surface area contributed by atoms with Gasteiger partial charge < -0.3 is 14.6 Å². The molecule has 9 nitrogen and oxygen atoms in total. The molecule has 0 radical (unpaired) electrons. The third-order valence-electron chi connectivity index (χ3n) is 4.99. The SMILES string of the molecule is O=CCC(C(=O)O)N(NS(=O)(=O)c1cccc(OC(F)(F)F)c1)C(=O)CCC1CCCC1. The Balaban J connectivity index is 2.28. The summed E-state index contributed by atoms with van der Waals surface area (Å²) in [6, 6.07) is 1.56. The van der Waals surface area contributed by atoms with Crippen molar-refractivity contribution in [2.45, 2.75) is 62.2 Å². The Kier molecular flexibility index (Phi) is 8.61. The van der Waals surface area contributed by atoms with Crippen molar-refractivity contribution in [1.82, 2.24) is 9.84 Å². The topological polar surface area (TPSA) is 130 Å². The zero-order chi connectivity index (χ0) is 23.9. The van der Waals surface area contributed by atoms with E-state index in [1.807, 2.05) is 4.83 Å². The number of carbonyl (C=O) groups is 3. The second-order valence-electron chi connectivity index (χ2n) is 7.33. The smallest absolute Gasteiger partial charge is 0.480 e. The van der Waals surface area contributed by atoms with Crippen LogP contribution in [0.1, 0.15) is 44.9 Å². The average Bonchev–Trinajstić information content (AvgIpc) is 3.21. The van der Waals surface area contributed by atoms with Crippen molar-refractivity contribution in [1.29, 1.82) is 0 Å². The molecule has 1 aliphatic carbocycles. The van der Waals surface area contributed by atoms with Gasteiger partial charge in [0, 0.05) is 18.9 Å². The van der Waals surface area contributed by atoms with Gasteiger partial charge in [0.15, 0.2) is 6.04 Å². The van der Waals surface area contributed by atoms with E-state index >= 15 is 0 Å². The Morgan fingerprint density at radius 1 is 1.28 bits per heavy atom. The number of aliphatic carboxylic acids is 1. The number of carbonyl (C=O) groups excluding carboxylic acids is 2. The van der Waals surface area contributed by atoms with Gasteiger partial charge in [0.25, 0.3) is 10.0 Å². The molecule has 1 unspecified atom stereocenters. The highest BCUT2D eigenvalue weighted by atomic mass is 32.2. The van der Waals surface area contributed by atoms with E-state index in [-0.39, 0.29) is 18.6 Å². The maximum absolute atomic E-state index is 12.7. The molecule has 0 bridgehead atoms. The Hall–Kier alpha value is -2.67. The number of hydrazine groups is 1. The monoisotopic (exact) mass is 480 g/mol. The maximum Gasteiger partial charge on any atom is 0.573 e. The number of hydrogen-bond acceptors (Lipinski definition) is 6. The van der Waals surface area contributed by atoms with Gasteiger partial charge in [-0.15, -0.1) is 18.0 Å². The number of hydrogen-bond donors (Lipinski definition) is 2. The van der Waals surface area contributed by atoms with Gasteiger partial charge in [-0.25, -0.2) is 18.2 Å². The molecule has 2 rings (SSSR count). The molecule has 1 amide bonds. The number of nitrogens with zero attached hydrogens (tertiary/aromatic N) is 1. The number of benzene rings is 1. The van der Waals surface area contributed by atoms with Crippen LogP contribution in [0.15, 0.2) is 29.2 Å². The Morgan fingerprint density at radius 2 is 1.94 bits per heavy atom. The van der Waals surface area contributed by atoms with Crippen LogP contribution in [-0.4, -0.2) is 49.1 Å². The molecule has 0 saturated heterocycles. The molecule has 1 aromatic rings. The van der Waals surface area contributed by atoms with Crippen LogP contribution in [0, 0.1) is 5.92 Å². The highest BCUT2D eigenvalue weighted by Gasteiger charge is 2.35. The summed E-state index contributed by atoms with van der Waals surface area (Å²) in [5.74, 6) is -3.05. The first-order valence-electron chi connectivity index (χ1n) is 9.79. The largest absolute Gasteiger partial charge is 0.573 e. The fourth-order valence-corrected chi connectivity index (χ4v) is 4.59. The van der Waals surface area contributed by atoms with Crippen molar-refractivity contribution in [3.63, 3.8) is 0 Å². The highest BCUT2D eigenvalue weighted by molar-refractivity contribution is 7.89. The summed E-state index contributed by atoms with van der Waals surface area (Å²) in [6.45, 7) is 0. The summed E-state index contributed by atoms with van der Waals surface area (Å²) in [5, 5.41) is 9.76. The average molecular weight is 480 g/mol. The zero-order valence-electron chi connectivity index (χ0n) is 16.9. The summed E-state index contributed by atoms with van der Waals surface area (Å²) in [6.07, 6.45) is -1.44. The molecule has 178 valence electrons. The van der Waals surface area contributed by atoms with Crippen molar-refractivity contribution in [2.24, 2.45) is 5.92 Å². The minimum absolute atomic E-state index is 0.160. The fourth-order valence-electron chi connectivity index (χ4n) is 3.46. The molecule has 13 heteroatoms. The second kappa shape index (κ2) is 10.8. The van der Waals surface area contributed by atoms with Gasteiger partial charge in [0.1, 0.15) is 12.0 Å². The first kappa shape index (κ1) is 25.6. The molecule has 0 aromatic heterocycles. The molecular weight excluding hydrogens is 457 g/mol. The van der Waals surface area contributed by atoms with E-state index in [2.05, 4.69) is 4.74 Å². The minimum atomic E-state index is -5.06. The van der Waals surface area contributed by atoms with E-state index in [9.17, 15) is 41.1 Å². The second-order valence-corrected chi connectivity index (χ2v) is 8.99. The number of sulfonamides is 1. The van der Waals surface area contributed by atoms with Gasteiger partial charge in [0.05, 0.1) is 4.90 Å². The molecule has 0 aliphatic heterocycles. The van der Waals surface area contributed by atoms with Crippen LogP contribution in [0.3, 0.4) is 0 Å². The summed E-state index contributed by atoms with van der Waals surface area (Å²) < 4.78 is 66.5. The number of halogens is 3. The van der Waals surface area contributed by atoms with E-state index < -0.39 is 51.4 Å². The number of ether oxygens (including phenoxy) is 1. The predicted molar refractivity (Wildman–Crippen MR) is 104 cm³/mol. The van der Waals surface area contributed by atoms with Crippen molar-refractivity contribution >= 4 is 28.2 Å². The van der Waals surface area contributed by atoms with Gasteiger partial charge >= 0.3 is 12.3 Å². The lowest BCUT2D eigenvalue weighted by molar-refractivity contribution is -0.274. The molecular formula is C19H23F3N2O7S. The number of alkyl halides is 3. The van der Waals surface area contributed by atoms with E-state index in [0.717, 1.165) is 43.9 Å². The molecule has 1 atom stereocenters. The third-order valence-corrected chi connectivity index (χ3v) is 6.31. The Morgan fingerprint density at radius 3 is 2.50 bits per heavy atom. The standard InChI is InChI=1S/C19H23F3N2O7S/c20-19(21,22)31-14-6-3-7-15(12-14)32(29,30)23-24(16(10-11-25)18(27)28)17(26)9-8-13-4-1-2-5-13/h3,6-7,11-13,16,23H,1-2,4-5,8-10H2,(H,27,28). The predicted octanol–water partition coefficient (Wildman–Crippen LogP) is 2.62. The van der Waals surface area contributed by atoms with Gasteiger partial charge in [-0.1, -0.05) is 31.7 Å². The number of aldehydes is 1. The van der Waals surface area contributed by atoms with Crippen molar-refractivity contribution in [3.8, 4) is 5.75 Å². The molecule has 1 aliphatic rings. The van der Waals surface area contributed by atoms with Gasteiger partial charge in [0.2, 0.25) is 5.91 Å². The lowest BCUT2D eigenvalue weighted by Gasteiger charge is -2.28. The minimum Gasteiger partial charge on any atom is -0.480 e. The van der Waals surface area contributed by atoms with Crippen LogP contribution in [-0.2, 0) is 24.4 Å². The van der Waals surface area contributed by atoms with Crippen molar-refractivity contribution in [3.05, 3.63) is 24.3 Å². The van der Waals surface area contributed by atoms with Crippen molar-refractivity contribution < 1.29 is 45.8 Å². The molecule has 1 fully saturated rings. The quantitative estimate of drug-likeness (QED) is 0.368. The summed E-state index contributed by atoms with van der Waals surface area (Å²) in [5.41, 5.74) is 0. The van der Waals surface area contributed by atoms with Gasteiger partial charge in [-0.2, -0.15) is 0 Å². The number of amides is 1. The summed E-state index contributed by atoms with van der Waals surface area (Å²) in [4.78, 5) is 36.4. The first-order chi connectivity index (χ1) is 14.9. The number of carboxylic acid groups (broad SMARTS) is 1. The maximum atomic E-state index is 12.7. The van der Waals surface area contributed by atoms with Crippen LogP contribution in [0.2, 0.25) is 0 Å². The van der Waals surface area contributed by atoms with E-state index in [0.29, 0.717) is 17.5 Å². The van der Waals surface area contributed by atoms with Crippen molar-refractivity contribution in [2.75, 3.05) is 0 Å². The molecule has 2 N–H and O–H groups in total. The zero-order valence-corrected chi connectivity index (χ0v) is 17.7. The third kappa shape index (κ3) is 7.48. The molecule has 0 heterocycles. The number of nitrogens with one attached hydrogen (secondary N) is 1. The highest BCUT2D eigenvalue weighted by Crippen LogP contribution is 2.29. The van der Waals surface area contributed by atoms with E-state index in [4.69, 9.17) is 0 Å². The summed E-state index contributed by atoms with van der Waals surface area (Å²) >= 11 is 0. The van der Waals surface area contributed by atoms with Crippen LogP contribution < -0.4 is 9.57 Å². The van der Waals surface area contributed by atoms with Crippen LogP contribution in [0.25, 0.3) is 0 Å². The molecule has 1 saturated carbocycles. The fraction of sp³-hybridized carbons (Fsp3) is 0.526. The van der Waals surface area contributed by atoms with Gasteiger partial charge in [-0.05, 0) is 24.5 Å². The molecule has 32 heavy (non-hydrogen) atoms. The first-order valence-corrected chi connectivity index (χ1v) is 11.3. The van der Waals surface area contributed by atoms with Crippen LogP contribution >= 0.6 is 0 Å². The normalized spacial score (nSPS) is 15.8. The lowest BCUT2D eigenvalue weighted by Crippen LogP contribution is -2.54. The van der Waals surface area contributed by atoms with Crippen LogP contribution in [0.4, 0.5) is 13.2 Å². The van der Waals surface area contributed by atoms with E-state index in [1.54, 1.807) is 0 Å². The molecule has 1 aromatic carbocycles. The number of carboxylic acids is 1. The van der Waals surface area contributed by atoms with Gasteiger partial charge in [-0.3, -0.25) is 4.79 Å². The summed E-state index contributed by atoms with van der Waals surface area (Å²) in [7, 11) is -4.69. The molecule has 0 spiro atoms. The lowest BCUT2D eigenvalue weighted by atomic mass is 10.0. The Bertz CT molecular complexity index is 931. The Labute approximate surface area is 182 Å². The van der Waals surface area contributed by atoms with Crippen LogP contribution in [0.5, 0.6) is 5.75 Å². The number of rotatable bonds is 11. The van der Waals surface area contributed by atoms with E-state index in [1.165, 1.54) is 0 Å².